The van der Waals surface area contributed by atoms with E-state index in [1.54, 1.807) is 0 Å². The fourth-order valence-corrected chi connectivity index (χ4v) is 6.73. The van der Waals surface area contributed by atoms with Gasteiger partial charge in [0.1, 0.15) is 9.79 Å². The number of aromatic nitrogens is 2. The Morgan fingerprint density at radius 1 is 0.792 bits per heavy atom. The lowest BCUT2D eigenvalue weighted by Crippen LogP contribution is -2.24. The fraction of sp³-hybridized carbons (Fsp3) is 0.0741. The number of benzene rings is 2. The van der Waals surface area contributed by atoms with E-state index in [0.29, 0.717) is 41.1 Å². The molecule has 0 spiro atoms. The van der Waals surface area contributed by atoms with E-state index in [4.69, 9.17) is 4.74 Å². The number of rotatable bonds is 12. The molecule has 6 N–H and O–H groups in total. The average molecular weight is 819 g/mol. The third-order valence-electron chi connectivity index (χ3n) is 6.66. The molecule has 0 radical (unpaired) electrons. The van der Waals surface area contributed by atoms with Crippen LogP contribution in [-0.2, 0) is 54.8 Å². The Morgan fingerprint density at radius 2 is 1.32 bits per heavy atom. The minimum absolute atomic E-state index is 0.145. The molecule has 0 aliphatic carbocycles. The summed E-state index contributed by atoms with van der Waals surface area (Å²) in [6.07, 6.45) is 4.93. The molecule has 1 aliphatic heterocycles. The second-order valence-corrected chi connectivity index (χ2v) is 15.7. The smallest absolute Gasteiger partial charge is 0.359 e. The number of nitrogens with zero attached hydrogens (tertiary/aromatic N) is 4. The number of ether oxygens (including phenoxy) is 1. The number of aliphatic carboxylic acids is 1. The summed E-state index contributed by atoms with van der Waals surface area (Å²) in [6.45, 7) is 1.18. The van der Waals surface area contributed by atoms with Gasteiger partial charge < -0.3 is 14.9 Å². The highest BCUT2D eigenvalue weighted by Gasteiger charge is 2.38. The molecule has 26 heteroatoms. The summed E-state index contributed by atoms with van der Waals surface area (Å²) < 4.78 is 138. The third kappa shape index (κ3) is 8.55. The van der Waals surface area contributed by atoms with Crippen LogP contribution in [0.15, 0.2) is 91.0 Å². The van der Waals surface area contributed by atoms with Crippen LogP contribution in [0.5, 0.6) is 5.88 Å². The fourth-order valence-electron chi connectivity index (χ4n) is 4.43. The second-order valence-electron chi connectivity index (χ2n) is 10.1. The van der Waals surface area contributed by atoms with Crippen molar-refractivity contribution in [3.05, 3.63) is 77.5 Å². The van der Waals surface area contributed by atoms with Crippen LogP contribution in [-0.4, -0.2) is 102 Å². The molecule has 0 bridgehead atoms. The average Bonchev–Trinajstić information content (AvgIpc) is 3.54. The highest BCUT2D eigenvalue weighted by molar-refractivity contribution is 7.87. The van der Waals surface area contributed by atoms with Crippen LogP contribution in [0, 0.1) is 0 Å². The molecule has 0 saturated heterocycles. The number of carboxylic acid groups (broad SMARTS) is 1. The van der Waals surface area contributed by atoms with Crippen molar-refractivity contribution in [2.75, 3.05) is 11.6 Å². The van der Waals surface area contributed by atoms with Gasteiger partial charge in [-0.1, -0.05) is 18.2 Å². The van der Waals surface area contributed by atoms with E-state index in [1.807, 2.05) is 0 Å². The van der Waals surface area contributed by atoms with Crippen LogP contribution in [0.2, 0.25) is 0 Å². The maximum atomic E-state index is 13.2. The summed E-state index contributed by atoms with van der Waals surface area (Å²) in [4.78, 5) is 33.9. The van der Waals surface area contributed by atoms with Crippen molar-refractivity contribution in [2.45, 2.75) is 26.5 Å². The molecule has 53 heavy (non-hydrogen) atoms. The molecule has 4 rings (SSSR count). The van der Waals surface area contributed by atoms with Crippen molar-refractivity contribution < 1.29 is 81.2 Å². The normalized spacial score (nSPS) is 15.1. The maximum Gasteiger partial charge on any atom is 0.359 e. The highest BCUT2D eigenvalue weighted by atomic mass is 32.2. The quantitative estimate of drug-likeness (QED) is 0.0634. The second kappa shape index (κ2) is 14.4. The zero-order valence-electron chi connectivity index (χ0n) is 26.1. The number of hydrogen-bond acceptors (Lipinski definition) is 15. The molecule has 1 amide bonds. The van der Waals surface area contributed by atoms with Gasteiger partial charge in [0, 0.05) is 0 Å². The number of aromatic hydroxyl groups is 1. The summed E-state index contributed by atoms with van der Waals surface area (Å²) in [5, 5.41) is 28.1. The number of anilines is 1. The van der Waals surface area contributed by atoms with Crippen molar-refractivity contribution in [2.24, 2.45) is 5.10 Å². The molecule has 1 aromatic heterocycles. The Hall–Kier alpha value is -5.61. The molecule has 2 heterocycles. The molecule has 2 aromatic carbocycles. The van der Waals surface area contributed by atoms with E-state index >= 15 is 0 Å². The van der Waals surface area contributed by atoms with Gasteiger partial charge in [-0.05, 0) is 55.5 Å². The van der Waals surface area contributed by atoms with E-state index in [-0.39, 0.29) is 11.6 Å². The molecule has 0 fully saturated rings. The van der Waals surface area contributed by atoms with Gasteiger partial charge in [0.15, 0.2) is 11.4 Å². The molecule has 0 saturated carbocycles. The Balaban J connectivity index is 1.79. The van der Waals surface area contributed by atoms with Gasteiger partial charge in [0.05, 0.1) is 38.9 Å². The van der Waals surface area contributed by atoms with Crippen molar-refractivity contribution in [1.29, 1.82) is 0 Å². The molecule has 0 unspecified atom stereocenters. The first kappa shape index (κ1) is 40.2. The van der Waals surface area contributed by atoms with Gasteiger partial charge in [0.2, 0.25) is 5.88 Å². The Labute approximate surface area is 298 Å². The number of carbonyl (C=O) groups excluding carboxylic acids is 2. The standard InChI is InChI=1S/C27H22N4O18S4/c1-2-49-27(36)23-17(25(33)31(29-23)19-13-15(51(40,41)42)9-11-21(19)53(46,47)48)7-5-3-4-6-16-22(26(34)35)28-30(24(16)32)18-12-14(50(37,38)39)8-10-20(18)52(43,44)45/h3-13,33H,2H2,1H3,(H,34,35)(H,37,38,39)(H,40,41,42)(H,43,44,45)(H,46,47,48)/b4-3?,7-5?,16-6-. The SMILES string of the molecule is CCOC(=O)c1nn(-c2cc(S(=O)(=O)O)ccc2S(=O)(=O)O)c(O)c1C=CC=C/C=C1\C(=O)N(c2cc(S(=O)(=O)O)ccc2S(=O)(=O)O)N=C1C(=O)O. The van der Waals surface area contributed by atoms with Crippen molar-refractivity contribution in [3.8, 4) is 11.6 Å². The largest absolute Gasteiger partial charge is 0.493 e. The zero-order valence-corrected chi connectivity index (χ0v) is 29.3. The summed E-state index contributed by atoms with van der Waals surface area (Å²) in [5.41, 5.74) is -4.68. The summed E-state index contributed by atoms with van der Waals surface area (Å²) >= 11 is 0. The first-order valence-corrected chi connectivity index (χ1v) is 19.5. The van der Waals surface area contributed by atoms with Crippen molar-refractivity contribution >= 4 is 75.8 Å². The molecular weight excluding hydrogens is 797 g/mol. The summed E-state index contributed by atoms with van der Waals surface area (Å²) in [7, 11) is -20.3. The predicted octanol–water partition coefficient (Wildman–Crippen LogP) is 0.725. The highest BCUT2D eigenvalue weighted by Crippen LogP contribution is 2.34. The van der Waals surface area contributed by atoms with Gasteiger partial charge in [-0.2, -0.15) is 53.6 Å². The molecule has 0 atom stereocenters. The lowest BCUT2D eigenvalue weighted by molar-refractivity contribution is -0.129. The van der Waals surface area contributed by atoms with E-state index in [9.17, 15) is 76.5 Å². The zero-order chi connectivity index (χ0) is 39.8. The van der Waals surface area contributed by atoms with Crippen LogP contribution in [0.1, 0.15) is 23.0 Å². The van der Waals surface area contributed by atoms with Crippen molar-refractivity contribution in [1.82, 2.24) is 9.78 Å². The van der Waals surface area contributed by atoms with Crippen LogP contribution in [0.4, 0.5) is 5.69 Å². The first-order chi connectivity index (χ1) is 24.4. The number of esters is 1. The third-order valence-corrected chi connectivity index (χ3v) is 10.2. The van der Waals surface area contributed by atoms with Crippen LogP contribution < -0.4 is 5.01 Å². The molecular formula is C27H22N4O18S4. The number of hydrogen-bond donors (Lipinski definition) is 6. The van der Waals surface area contributed by atoms with Gasteiger partial charge in [-0.15, -0.1) is 0 Å². The van der Waals surface area contributed by atoms with Gasteiger partial charge >= 0.3 is 11.9 Å². The van der Waals surface area contributed by atoms with E-state index < -0.39 is 118 Å². The topological polar surface area (TPSA) is 352 Å². The lowest BCUT2D eigenvalue weighted by Gasteiger charge is -2.15. The van der Waals surface area contributed by atoms with Crippen LogP contribution >= 0.6 is 0 Å². The molecule has 22 nitrogen and oxygen atoms in total. The van der Waals surface area contributed by atoms with E-state index in [1.165, 1.54) is 6.92 Å². The number of allylic oxidation sites excluding steroid dienone is 4. The van der Waals surface area contributed by atoms with Gasteiger partial charge in [-0.25, -0.2) is 9.59 Å². The Morgan fingerprint density at radius 3 is 1.81 bits per heavy atom. The maximum absolute atomic E-state index is 13.2. The number of carbonyl (C=O) groups is 3. The number of carboxylic acids is 1. The Kier molecular flexibility index (Phi) is 10.9. The minimum Gasteiger partial charge on any atom is -0.493 e. The molecule has 1 aliphatic rings. The lowest BCUT2D eigenvalue weighted by atomic mass is 10.1. The molecule has 282 valence electrons. The number of amides is 1. The summed E-state index contributed by atoms with van der Waals surface area (Å²) in [6, 6.07) is 3.23. The van der Waals surface area contributed by atoms with E-state index in [0.717, 1.165) is 30.4 Å². The molecule has 3 aromatic rings. The van der Waals surface area contributed by atoms with E-state index in [2.05, 4.69) is 10.2 Å². The predicted molar refractivity (Wildman–Crippen MR) is 176 cm³/mol. The monoisotopic (exact) mass is 818 g/mol. The van der Waals surface area contributed by atoms with Crippen LogP contribution in [0.25, 0.3) is 11.8 Å². The van der Waals surface area contributed by atoms with Gasteiger partial charge in [-0.3, -0.25) is 23.0 Å². The Bertz CT molecular complexity index is 2660. The summed E-state index contributed by atoms with van der Waals surface area (Å²) in [5.74, 6) is -5.39. The minimum atomic E-state index is -5.18. The van der Waals surface area contributed by atoms with Crippen molar-refractivity contribution in [3.63, 3.8) is 0 Å². The van der Waals surface area contributed by atoms with Crippen LogP contribution in [0.3, 0.4) is 0 Å². The first-order valence-electron chi connectivity index (χ1n) is 13.8. The van der Waals surface area contributed by atoms with Gasteiger partial charge in [0.25, 0.3) is 46.4 Å². The number of hydrazone groups is 1.